The summed E-state index contributed by atoms with van der Waals surface area (Å²) in [6.07, 6.45) is 0.713. The second kappa shape index (κ2) is 10.0. The van der Waals surface area contributed by atoms with Crippen molar-refractivity contribution in [1.29, 1.82) is 0 Å². The predicted octanol–water partition coefficient (Wildman–Crippen LogP) is 4.66. The molecule has 6 heteroatoms. The molecule has 0 unspecified atom stereocenters. The number of rotatable bonds is 9. The third-order valence-corrected chi connectivity index (χ3v) is 4.44. The van der Waals surface area contributed by atoms with Crippen molar-refractivity contribution in [3.05, 3.63) is 106 Å². The van der Waals surface area contributed by atoms with Crippen LogP contribution in [0.4, 0.5) is 5.69 Å². The van der Waals surface area contributed by atoms with Crippen LogP contribution in [0.3, 0.4) is 0 Å². The van der Waals surface area contributed by atoms with Crippen molar-refractivity contribution in [3.8, 4) is 5.75 Å². The Kier molecular flexibility index (Phi) is 6.95. The van der Waals surface area contributed by atoms with Gasteiger partial charge in [-0.05, 0) is 23.6 Å². The molecule has 0 radical (unpaired) electrons. The zero-order chi connectivity index (χ0) is 20.5. The average molecular weight is 390 g/mol. The number of carbonyl (C=O) groups is 1. The first-order valence-corrected chi connectivity index (χ1v) is 9.40. The molecule has 3 rings (SSSR count). The minimum atomic E-state index is -0.480. The van der Waals surface area contributed by atoms with Crippen LogP contribution in [0.25, 0.3) is 0 Å². The highest BCUT2D eigenvalue weighted by molar-refractivity contribution is 5.77. The summed E-state index contributed by atoms with van der Waals surface area (Å²) in [6.45, 7) is 0.222. The number of hydrogen-bond acceptors (Lipinski definition) is 4. The van der Waals surface area contributed by atoms with E-state index in [-0.39, 0.29) is 36.4 Å². The summed E-state index contributed by atoms with van der Waals surface area (Å²) in [5.41, 5.74) is 1.93. The Hall–Kier alpha value is -3.67. The van der Waals surface area contributed by atoms with Gasteiger partial charge in [-0.3, -0.25) is 14.9 Å². The van der Waals surface area contributed by atoms with Crippen LogP contribution in [-0.4, -0.2) is 17.4 Å². The lowest BCUT2D eigenvalue weighted by atomic mass is 9.98. The Morgan fingerprint density at radius 1 is 0.897 bits per heavy atom. The second-order valence-corrected chi connectivity index (χ2v) is 6.50. The minimum Gasteiger partial charge on any atom is -0.487 e. The quantitative estimate of drug-likeness (QED) is 0.327. The molecule has 0 bridgehead atoms. The molecule has 29 heavy (non-hydrogen) atoms. The fraction of sp³-hybridized carbons (Fsp3) is 0.174. The fourth-order valence-corrected chi connectivity index (χ4v) is 3.03. The third kappa shape index (κ3) is 5.65. The van der Waals surface area contributed by atoms with E-state index in [1.54, 1.807) is 18.2 Å². The molecule has 0 aliphatic rings. The van der Waals surface area contributed by atoms with Crippen molar-refractivity contribution in [3.63, 3.8) is 0 Å². The molecular formula is C23H22N2O4. The molecule has 3 aromatic rings. The summed E-state index contributed by atoms with van der Waals surface area (Å²) in [6, 6.07) is 25.6. The molecule has 0 aliphatic heterocycles. The Balaban J connectivity index is 1.57. The lowest BCUT2D eigenvalue weighted by Crippen LogP contribution is -2.29. The van der Waals surface area contributed by atoms with Gasteiger partial charge in [-0.15, -0.1) is 0 Å². The summed E-state index contributed by atoms with van der Waals surface area (Å²) in [5, 5.41) is 14.1. The number of ether oxygens (including phenoxy) is 1. The molecule has 1 N–H and O–H groups in total. The van der Waals surface area contributed by atoms with Gasteiger partial charge in [-0.2, -0.15) is 0 Å². The number of nitrogens with one attached hydrogen (secondary N) is 1. The molecular weight excluding hydrogens is 368 g/mol. The summed E-state index contributed by atoms with van der Waals surface area (Å²) in [5.74, 6) is 0.109. The van der Waals surface area contributed by atoms with Crippen LogP contribution < -0.4 is 10.1 Å². The van der Waals surface area contributed by atoms with Crippen LogP contribution >= 0.6 is 0 Å². The number of benzene rings is 3. The fourth-order valence-electron chi connectivity index (χ4n) is 3.03. The Bertz CT molecular complexity index is 906. The van der Waals surface area contributed by atoms with E-state index in [9.17, 15) is 14.9 Å². The maximum Gasteiger partial charge on any atom is 0.310 e. The largest absolute Gasteiger partial charge is 0.487 e. The van der Waals surface area contributed by atoms with Crippen LogP contribution in [0.2, 0.25) is 0 Å². The Morgan fingerprint density at radius 2 is 1.45 bits per heavy atom. The SMILES string of the molecule is O=C(CCCOc1ccccc1[N+](=O)[O-])NC(c1ccccc1)c1ccccc1. The summed E-state index contributed by atoms with van der Waals surface area (Å²) >= 11 is 0. The Morgan fingerprint density at radius 3 is 2.03 bits per heavy atom. The van der Waals surface area contributed by atoms with Gasteiger partial charge in [0.2, 0.25) is 5.91 Å². The lowest BCUT2D eigenvalue weighted by Gasteiger charge is -2.20. The molecule has 6 nitrogen and oxygen atoms in total. The smallest absolute Gasteiger partial charge is 0.310 e. The molecule has 0 aromatic heterocycles. The predicted molar refractivity (Wildman–Crippen MR) is 111 cm³/mol. The van der Waals surface area contributed by atoms with Crippen molar-refractivity contribution < 1.29 is 14.5 Å². The van der Waals surface area contributed by atoms with E-state index in [0.29, 0.717) is 6.42 Å². The number of carbonyl (C=O) groups excluding carboxylic acids is 1. The van der Waals surface area contributed by atoms with Crippen molar-refractivity contribution in [2.45, 2.75) is 18.9 Å². The topological polar surface area (TPSA) is 81.5 Å². The zero-order valence-electron chi connectivity index (χ0n) is 15.9. The number of nitro groups is 1. The normalized spacial score (nSPS) is 10.5. The molecule has 148 valence electrons. The van der Waals surface area contributed by atoms with Gasteiger partial charge >= 0.3 is 5.69 Å². The second-order valence-electron chi connectivity index (χ2n) is 6.50. The molecule has 0 aliphatic carbocycles. The first-order chi connectivity index (χ1) is 14.1. The van der Waals surface area contributed by atoms with Gasteiger partial charge in [-0.25, -0.2) is 0 Å². The maximum atomic E-state index is 12.5. The van der Waals surface area contributed by atoms with E-state index < -0.39 is 4.92 Å². The molecule has 3 aromatic carbocycles. The molecule has 0 fully saturated rings. The monoisotopic (exact) mass is 390 g/mol. The first-order valence-electron chi connectivity index (χ1n) is 9.40. The summed E-state index contributed by atoms with van der Waals surface area (Å²) in [7, 11) is 0. The summed E-state index contributed by atoms with van der Waals surface area (Å²) in [4.78, 5) is 23.0. The van der Waals surface area contributed by atoms with Crippen molar-refractivity contribution in [2.75, 3.05) is 6.61 Å². The third-order valence-electron chi connectivity index (χ3n) is 4.44. The highest BCUT2D eigenvalue weighted by atomic mass is 16.6. The van der Waals surface area contributed by atoms with Crippen LogP contribution in [0, 0.1) is 10.1 Å². The number of nitrogens with zero attached hydrogens (tertiary/aromatic N) is 1. The summed E-state index contributed by atoms with van der Waals surface area (Å²) < 4.78 is 5.50. The van der Waals surface area contributed by atoms with Crippen LogP contribution in [0.5, 0.6) is 5.75 Å². The van der Waals surface area contributed by atoms with Gasteiger partial charge in [0, 0.05) is 12.5 Å². The molecule has 0 spiro atoms. The molecule has 0 heterocycles. The maximum absolute atomic E-state index is 12.5. The van der Waals surface area contributed by atoms with Gasteiger partial charge in [-0.1, -0.05) is 72.8 Å². The van der Waals surface area contributed by atoms with Crippen LogP contribution in [0.15, 0.2) is 84.9 Å². The highest BCUT2D eigenvalue weighted by Crippen LogP contribution is 2.26. The highest BCUT2D eigenvalue weighted by Gasteiger charge is 2.17. The number of nitro benzene ring substituents is 1. The van der Waals surface area contributed by atoms with Gasteiger partial charge in [0.25, 0.3) is 0 Å². The standard InChI is InChI=1S/C23H22N2O4/c26-22(16-9-17-29-21-15-8-7-14-20(21)25(27)28)24-23(18-10-3-1-4-11-18)19-12-5-2-6-13-19/h1-8,10-15,23H,9,16-17H2,(H,24,26). The molecule has 0 saturated heterocycles. The average Bonchev–Trinajstić information content (AvgIpc) is 2.76. The molecule has 0 atom stereocenters. The number of amides is 1. The molecule has 1 amide bonds. The van der Waals surface area contributed by atoms with E-state index in [1.807, 2.05) is 60.7 Å². The van der Waals surface area contributed by atoms with Crippen molar-refractivity contribution >= 4 is 11.6 Å². The first kappa shape index (κ1) is 20.1. The van der Waals surface area contributed by atoms with Crippen LogP contribution in [0.1, 0.15) is 30.0 Å². The molecule has 0 saturated carbocycles. The van der Waals surface area contributed by atoms with E-state index in [2.05, 4.69) is 5.32 Å². The zero-order valence-corrected chi connectivity index (χ0v) is 15.9. The Labute approximate surface area is 169 Å². The minimum absolute atomic E-state index is 0.0785. The van der Waals surface area contributed by atoms with Crippen molar-refractivity contribution in [2.24, 2.45) is 0 Å². The number of hydrogen-bond donors (Lipinski definition) is 1. The lowest BCUT2D eigenvalue weighted by molar-refractivity contribution is -0.385. The van der Waals surface area contributed by atoms with E-state index in [0.717, 1.165) is 11.1 Å². The number of para-hydroxylation sites is 2. The van der Waals surface area contributed by atoms with Gasteiger partial charge in [0.15, 0.2) is 5.75 Å². The van der Waals surface area contributed by atoms with Gasteiger partial charge < -0.3 is 10.1 Å². The van der Waals surface area contributed by atoms with Gasteiger partial charge in [0.1, 0.15) is 0 Å². The van der Waals surface area contributed by atoms with E-state index in [1.165, 1.54) is 6.07 Å². The van der Waals surface area contributed by atoms with Gasteiger partial charge in [0.05, 0.1) is 17.6 Å². The van der Waals surface area contributed by atoms with Crippen LogP contribution in [-0.2, 0) is 4.79 Å². The van der Waals surface area contributed by atoms with E-state index in [4.69, 9.17) is 4.74 Å². The van der Waals surface area contributed by atoms with Crippen molar-refractivity contribution in [1.82, 2.24) is 5.32 Å². The van der Waals surface area contributed by atoms with E-state index >= 15 is 0 Å².